The average molecular weight is 339 g/mol. The van der Waals surface area contributed by atoms with Crippen molar-refractivity contribution in [3.63, 3.8) is 0 Å². The predicted molar refractivity (Wildman–Crippen MR) is 98.1 cm³/mol. The molecule has 0 bridgehead atoms. The van der Waals surface area contributed by atoms with E-state index in [1.54, 1.807) is 11.8 Å². The van der Waals surface area contributed by atoms with Gasteiger partial charge in [-0.3, -0.25) is 4.79 Å². The molecule has 2 N–H and O–H groups in total. The second-order valence-electron chi connectivity index (χ2n) is 5.34. The first-order valence-electron chi connectivity index (χ1n) is 8.00. The van der Waals surface area contributed by atoms with Gasteiger partial charge in [0.2, 0.25) is 5.91 Å². The fourth-order valence-corrected chi connectivity index (χ4v) is 2.87. The lowest BCUT2D eigenvalue weighted by atomic mass is 10.2. The van der Waals surface area contributed by atoms with Gasteiger partial charge in [-0.25, -0.2) is 0 Å². The van der Waals surface area contributed by atoms with Crippen molar-refractivity contribution >= 4 is 23.4 Å². The fourth-order valence-electron chi connectivity index (χ4n) is 2.05. The summed E-state index contributed by atoms with van der Waals surface area (Å²) in [4.78, 5) is 14.0. The molecule has 0 unspecified atom stereocenters. The van der Waals surface area contributed by atoms with Crippen LogP contribution >= 0.6 is 11.8 Å². The van der Waals surface area contributed by atoms with Crippen molar-refractivity contribution in [2.75, 3.05) is 18.4 Å². The van der Waals surface area contributed by atoms with Crippen LogP contribution in [0.1, 0.15) is 25.3 Å². The van der Waals surface area contributed by atoms with Gasteiger partial charge in [-0.1, -0.05) is 25.1 Å². The molecule has 0 radical (unpaired) electrons. The molecule has 0 aliphatic carbocycles. The Bertz CT molecular complexity index is 690. The van der Waals surface area contributed by atoms with E-state index in [1.165, 1.54) is 0 Å². The second-order valence-corrected chi connectivity index (χ2v) is 6.49. The first kappa shape index (κ1) is 18.1. The summed E-state index contributed by atoms with van der Waals surface area (Å²) in [5, 5.41) is 14.8. The van der Waals surface area contributed by atoms with E-state index in [4.69, 9.17) is 5.26 Å². The molecule has 5 heteroatoms. The zero-order chi connectivity index (χ0) is 17.2. The Morgan fingerprint density at radius 3 is 2.29 bits per heavy atom. The molecule has 1 amide bonds. The van der Waals surface area contributed by atoms with E-state index in [-0.39, 0.29) is 5.91 Å². The molecule has 2 aromatic rings. The maximum Gasteiger partial charge on any atom is 0.238 e. The first-order valence-corrected chi connectivity index (χ1v) is 8.81. The summed E-state index contributed by atoms with van der Waals surface area (Å²) in [7, 11) is 0. The molecule has 0 aliphatic rings. The molecule has 0 aliphatic heterocycles. The molecule has 24 heavy (non-hydrogen) atoms. The predicted octanol–water partition coefficient (Wildman–Crippen LogP) is 4.04. The maximum absolute atomic E-state index is 11.8. The van der Waals surface area contributed by atoms with Gasteiger partial charge < -0.3 is 10.6 Å². The molecule has 2 rings (SSSR count). The number of carbonyl (C=O) groups excluding carboxylic acids is 1. The SMILES string of the molecule is CCCCNCC(=O)Nc1ccc(Sc2ccc(C#N)cc2)cc1. The van der Waals surface area contributed by atoms with Crippen LogP contribution in [0.2, 0.25) is 0 Å². The molecule has 4 nitrogen and oxygen atoms in total. The first-order chi connectivity index (χ1) is 11.7. The molecule has 124 valence electrons. The summed E-state index contributed by atoms with van der Waals surface area (Å²) >= 11 is 1.62. The number of hydrogen-bond acceptors (Lipinski definition) is 4. The minimum atomic E-state index is -0.0291. The number of anilines is 1. The summed E-state index contributed by atoms with van der Waals surface area (Å²) in [6.45, 7) is 3.32. The molecular weight excluding hydrogens is 318 g/mol. The molecule has 2 aromatic carbocycles. The fraction of sp³-hybridized carbons (Fsp3) is 0.263. The van der Waals surface area contributed by atoms with Gasteiger partial charge in [-0.15, -0.1) is 0 Å². The Labute approximate surface area is 147 Å². The normalized spacial score (nSPS) is 10.2. The number of hydrogen-bond donors (Lipinski definition) is 2. The number of nitriles is 1. The van der Waals surface area contributed by atoms with Gasteiger partial charge in [0.05, 0.1) is 18.2 Å². The van der Waals surface area contributed by atoms with Crippen molar-refractivity contribution in [1.29, 1.82) is 5.26 Å². The lowest BCUT2D eigenvalue weighted by Crippen LogP contribution is -2.28. The Hall–Kier alpha value is -2.29. The van der Waals surface area contributed by atoms with E-state index in [1.807, 2.05) is 48.5 Å². The molecule has 0 saturated carbocycles. The molecule has 0 heterocycles. The Balaban J connectivity index is 1.83. The summed E-state index contributed by atoms with van der Waals surface area (Å²) in [6.07, 6.45) is 2.20. The van der Waals surface area contributed by atoms with E-state index in [0.717, 1.165) is 34.9 Å². The Kier molecular flexibility index (Phi) is 7.34. The van der Waals surface area contributed by atoms with Gasteiger partial charge >= 0.3 is 0 Å². The van der Waals surface area contributed by atoms with Crippen LogP contribution in [0.15, 0.2) is 58.3 Å². The third kappa shape index (κ3) is 6.07. The number of nitrogens with zero attached hydrogens (tertiary/aromatic N) is 1. The third-order valence-corrected chi connectivity index (χ3v) is 4.37. The van der Waals surface area contributed by atoms with E-state index in [9.17, 15) is 4.79 Å². The highest BCUT2D eigenvalue weighted by Gasteiger charge is 2.03. The number of carbonyl (C=O) groups is 1. The summed E-state index contributed by atoms with van der Waals surface area (Å²) < 4.78 is 0. The van der Waals surface area contributed by atoms with Crippen molar-refractivity contribution in [1.82, 2.24) is 5.32 Å². The molecule has 0 atom stereocenters. The van der Waals surface area contributed by atoms with Crippen molar-refractivity contribution in [3.8, 4) is 6.07 Å². The molecule has 0 spiro atoms. The van der Waals surface area contributed by atoms with Crippen LogP contribution in [0, 0.1) is 11.3 Å². The van der Waals surface area contributed by atoms with Crippen LogP contribution in [-0.4, -0.2) is 19.0 Å². The number of benzene rings is 2. The van der Waals surface area contributed by atoms with Crippen LogP contribution in [0.5, 0.6) is 0 Å². The van der Waals surface area contributed by atoms with Gasteiger partial charge in [0.15, 0.2) is 0 Å². The maximum atomic E-state index is 11.8. The highest BCUT2D eigenvalue weighted by molar-refractivity contribution is 7.99. The topological polar surface area (TPSA) is 64.9 Å². The zero-order valence-electron chi connectivity index (χ0n) is 13.7. The largest absolute Gasteiger partial charge is 0.325 e. The van der Waals surface area contributed by atoms with Gasteiger partial charge in [-0.05, 0) is 61.5 Å². The van der Waals surface area contributed by atoms with E-state index < -0.39 is 0 Å². The van der Waals surface area contributed by atoms with Gasteiger partial charge in [0.25, 0.3) is 0 Å². The quantitative estimate of drug-likeness (QED) is 0.713. The minimum Gasteiger partial charge on any atom is -0.325 e. The van der Waals surface area contributed by atoms with E-state index >= 15 is 0 Å². The average Bonchev–Trinajstić information content (AvgIpc) is 2.61. The Morgan fingerprint density at radius 2 is 1.71 bits per heavy atom. The van der Waals surface area contributed by atoms with Crippen LogP contribution < -0.4 is 10.6 Å². The Morgan fingerprint density at radius 1 is 1.08 bits per heavy atom. The molecule has 0 saturated heterocycles. The van der Waals surface area contributed by atoms with Crippen LogP contribution in [0.25, 0.3) is 0 Å². The van der Waals surface area contributed by atoms with Crippen molar-refractivity contribution in [2.45, 2.75) is 29.6 Å². The number of unbranched alkanes of at least 4 members (excludes halogenated alkanes) is 1. The van der Waals surface area contributed by atoms with E-state index in [2.05, 4.69) is 23.6 Å². The van der Waals surface area contributed by atoms with E-state index in [0.29, 0.717) is 12.1 Å². The number of nitrogens with one attached hydrogen (secondary N) is 2. The van der Waals surface area contributed by atoms with Crippen molar-refractivity contribution in [2.24, 2.45) is 0 Å². The standard InChI is InChI=1S/C19H21N3OS/c1-2-3-12-21-14-19(23)22-16-6-10-18(11-7-16)24-17-8-4-15(13-20)5-9-17/h4-11,21H,2-3,12,14H2,1H3,(H,22,23). The highest BCUT2D eigenvalue weighted by Crippen LogP contribution is 2.28. The molecule has 0 fully saturated rings. The third-order valence-electron chi connectivity index (χ3n) is 3.35. The second kappa shape index (κ2) is 9.76. The lowest BCUT2D eigenvalue weighted by molar-refractivity contribution is -0.115. The molecule has 0 aromatic heterocycles. The minimum absolute atomic E-state index is 0.0291. The van der Waals surface area contributed by atoms with Crippen molar-refractivity contribution < 1.29 is 4.79 Å². The van der Waals surface area contributed by atoms with Crippen molar-refractivity contribution in [3.05, 3.63) is 54.1 Å². The summed E-state index contributed by atoms with van der Waals surface area (Å²) in [6, 6.07) is 17.3. The highest BCUT2D eigenvalue weighted by atomic mass is 32.2. The van der Waals surface area contributed by atoms with Crippen LogP contribution in [-0.2, 0) is 4.79 Å². The van der Waals surface area contributed by atoms with Gasteiger partial charge in [-0.2, -0.15) is 5.26 Å². The zero-order valence-corrected chi connectivity index (χ0v) is 14.5. The smallest absolute Gasteiger partial charge is 0.238 e. The lowest BCUT2D eigenvalue weighted by Gasteiger charge is -2.07. The van der Waals surface area contributed by atoms with Crippen LogP contribution in [0.3, 0.4) is 0 Å². The number of rotatable bonds is 8. The monoisotopic (exact) mass is 339 g/mol. The van der Waals surface area contributed by atoms with Crippen LogP contribution in [0.4, 0.5) is 5.69 Å². The molecular formula is C19H21N3OS. The number of amides is 1. The van der Waals surface area contributed by atoms with Gasteiger partial charge in [0.1, 0.15) is 0 Å². The van der Waals surface area contributed by atoms with Gasteiger partial charge in [0, 0.05) is 15.5 Å². The summed E-state index contributed by atoms with van der Waals surface area (Å²) in [5.74, 6) is -0.0291. The summed E-state index contributed by atoms with van der Waals surface area (Å²) in [5.41, 5.74) is 1.45.